The van der Waals surface area contributed by atoms with Crippen LogP contribution in [0.5, 0.6) is 11.5 Å². The van der Waals surface area contributed by atoms with E-state index in [0.717, 1.165) is 36.4 Å². The Kier molecular flexibility index (Phi) is 7.59. The van der Waals surface area contributed by atoms with Crippen LogP contribution in [0.4, 0.5) is 26.3 Å². The summed E-state index contributed by atoms with van der Waals surface area (Å²) in [5.74, 6) is 4.81. The minimum atomic E-state index is -4.59. The van der Waals surface area contributed by atoms with E-state index in [9.17, 15) is 26.3 Å². The van der Waals surface area contributed by atoms with Crippen molar-refractivity contribution < 1.29 is 45.3 Å². The molecule has 0 amide bonds. The molecule has 2 rings (SSSR count). The Balaban J connectivity index is 2.46. The molecule has 0 unspecified atom stereocenters. The molecule has 4 nitrogen and oxygen atoms in total. The van der Waals surface area contributed by atoms with Crippen LogP contribution < -0.4 is 9.47 Å². The third-order valence-corrected chi connectivity index (χ3v) is 3.61. The lowest BCUT2D eigenvalue weighted by Gasteiger charge is -2.12. The molecule has 0 N–H and O–H groups in total. The minimum Gasteiger partial charge on any atom is -0.466 e. The van der Waals surface area contributed by atoms with Crippen LogP contribution in [0.15, 0.2) is 36.4 Å². The van der Waals surface area contributed by atoms with E-state index in [1.807, 2.05) is 0 Å². The fourth-order valence-corrected chi connectivity index (χ4v) is 2.22. The van der Waals surface area contributed by atoms with Gasteiger partial charge in [0.05, 0.1) is 22.3 Å². The summed E-state index contributed by atoms with van der Waals surface area (Å²) >= 11 is 0. The molecule has 0 spiro atoms. The van der Waals surface area contributed by atoms with Crippen molar-refractivity contribution in [2.45, 2.75) is 12.4 Å². The molecule has 162 valence electrons. The molecule has 0 aliphatic rings. The van der Waals surface area contributed by atoms with Crippen molar-refractivity contribution in [2.24, 2.45) is 0 Å². The molecule has 0 aliphatic heterocycles. The number of methoxy groups -OCH3 is 2. The Bertz CT molecular complexity index is 852. The number of hydrogen-bond donors (Lipinski definition) is 0. The molecule has 0 saturated carbocycles. The lowest BCUT2D eigenvalue weighted by Crippen LogP contribution is -2.07. The Morgan fingerprint density at radius 2 is 1.03 bits per heavy atom. The van der Waals surface area contributed by atoms with E-state index in [2.05, 4.69) is 11.8 Å². The molecule has 0 radical (unpaired) electrons. The second-order valence-corrected chi connectivity index (χ2v) is 5.77. The zero-order valence-electron chi connectivity index (χ0n) is 15.8. The monoisotopic (exact) mass is 434 g/mol. The maximum Gasteiger partial charge on any atom is 0.416 e. The van der Waals surface area contributed by atoms with E-state index in [1.54, 1.807) is 0 Å². The lowest BCUT2D eigenvalue weighted by molar-refractivity contribution is -0.138. The highest BCUT2D eigenvalue weighted by Crippen LogP contribution is 2.34. The van der Waals surface area contributed by atoms with Crippen LogP contribution in [0.1, 0.15) is 22.3 Å². The fourth-order valence-electron chi connectivity index (χ4n) is 2.22. The van der Waals surface area contributed by atoms with Gasteiger partial charge < -0.3 is 18.9 Å². The van der Waals surface area contributed by atoms with Gasteiger partial charge in [0, 0.05) is 14.2 Å². The Morgan fingerprint density at radius 3 is 1.33 bits per heavy atom. The van der Waals surface area contributed by atoms with Crippen molar-refractivity contribution in [3.63, 3.8) is 0 Å². The molecular formula is C20H16F6O4. The van der Waals surface area contributed by atoms with Gasteiger partial charge in [0.1, 0.15) is 11.5 Å². The number of alkyl halides is 6. The molecule has 0 atom stereocenters. The molecule has 30 heavy (non-hydrogen) atoms. The molecule has 0 aromatic heterocycles. The quantitative estimate of drug-likeness (QED) is 0.361. The molecule has 0 fully saturated rings. The first-order valence-corrected chi connectivity index (χ1v) is 8.24. The number of rotatable bonds is 6. The summed E-state index contributed by atoms with van der Waals surface area (Å²) in [6.07, 6.45) is -9.18. The van der Waals surface area contributed by atoms with E-state index >= 15 is 0 Å². The van der Waals surface area contributed by atoms with Crippen molar-refractivity contribution in [1.82, 2.24) is 0 Å². The molecule has 2 aromatic rings. The predicted molar refractivity (Wildman–Crippen MR) is 93.9 cm³/mol. The Morgan fingerprint density at radius 1 is 0.667 bits per heavy atom. The van der Waals surface area contributed by atoms with Gasteiger partial charge in [0.25, 0.3) is 0 Å². The third-order valence-electron chi connectivity index (χ3n) is 3.61. The summed E-state index contributed by atoms with van der Waals surface area (Å²) in [6.45, 7) is -0.642. The summed E-state index contributed by atoms with van der Waals surface area (Å²) in [5, 5.41) is 0. The summed E-state index contributed by atoms with van der Waals surface area (Å²) < 4.78 is 97.3. The van der Waals surface area contributed by atoms with Gasteiger partial charge in [-0.1, -0.05) is 11.8 Å². The number of ether oxygens (including phenoxy) is 4. The standard InChI is InChI=1S/C20H16F6O4/c1-27-11-29-17-9-15(19(21,22)23)7-5-13(17)3-4-14-6-8-16(20(24,25)26)10-18(14)30-12-28-2/h5-10H,11-12H2,1-2H3. The molecule has 0 aliphatic carbocycles. The van der Waals surface area contributed by atoms with Gasteiger partial charge in [-0.05, 0) is 36.4 Å². The first-order chi connectivity index (χ1) is 14.1. The first-order valence-electron chi connectivity index (χ1n) is 8.24. The second kappa shape index (κ2) is 9.73. The van der Waals surface area contributed by atoms with Gasteiger partial charge in [-0.15, -0.1) is 0 Å². The van der Waals surface area contributed by atoms with E-state index in [1.165, 1.54) is 14.2 Å². The molecule has 0 heterocycles. The summed E-state index contributed by atoms with van der Waals surface area (Å²) in [7, 11) is 2.58. The zero-order chi connectivity index (χ0) is 22.4. The van der Waals surface area contributed by atoms with E-state index in [4.69, 9.17) is 18.9 Å². The molecule has 10 heteroatoms. The van der Waals surface area contributed by atoms with Gasteiger partial charge in [-0.3, -0.25) is 0 Å². The summed E-state index contributed by atoms with van der Waals surface area (Å²) in [6, 6.07) is 5.36. The maximum atomic E-state index is 12.9. The predicted octanol–water partition coefficient (Wildman–Crippen LogP) is 5.09. The normalized spacial score (nSPS) is 11.6. The average Bonchev–Trinajstić information content (AvgIpc) is 2.68. The second-order valence-electron chi connectivity index (χ2n) is 5.77. The summed E-state index contributed by atoms with van der Waals surface area (Å²) in [4.78, 5) is 0. The van der Waals surface area contributed by atoms with Crippen molar-refractivity contribution >= 4 is 0 Å². The molecule has 0 saturated heterocycles. The van der Waals surface area contributed by atoms with Crippen LogP contribution in [-0.4, -0.2) is 27.8 Å². The average molecular weight is 434 g/mol. The minimum absolute atomic E-state index is 0.0811. The van der Waals surface area contributed by atoms with Crippen LogP contribution in [-0.2, 0) is 21.8 Å². The number of halogens is 6. The highest BCUT2D eigenvalue weighted by molar-refractivity contribution is 5.55. The number of hydrogen-bond acceptors (Lipinski definition) is 4. The highest BCUT2D eigenvalue weighted by Gasteiger charge is 2.32. The topological polar surface area (TPSA) is 36.9 Å². The van der Waals surface area contributed by atoms with Crippen LogP contribution in [0.3, 0.4) is 0 Å². The lowest BCUT2D eigenvalue weighted by atomic mass is 10.1. The van der Waals surface area contributed by atoms with E-state index in [-0.39, 0.29) is 36.2 Å². The van der Waals surface area contributed by atoms with Crippen molar-refractivity contribution in [2.75, 3.05) is 27.8 Å². The van der Waals surface area contributed by atoms with Crippen molar-refractivity contribution in [3.05, 3.63) is 58.7 Å². The van der Waals surface area contributed by atoms with E-state index in [0.29, 0.717) is 0 Å². The Labute approximate surface area is 168 Å². The molecule has 2 aromatic carbocycles. The van der Waals surface area contributed by atoms with Crippen LogP contribution in [0, 0.1) is 11.8 Å². The van der Waals surface area contributed by atoms with Crippen molar-refractivity contribution in [1.29, 1.82) is 0 Å². The van der Waals surface area contributed by atoms with Gasteiger partial charge >= 0.3 is 12.4 Å². The van der Waals surface area contributed by atoms with Crippen LogP contribution >= 0.6 is 0 Å². The third kappa shape index (κ3) is 6.30. The molecular weight excluding hydrogens is 418 g/mol. The maximum absolute atomic E-state index is 12.9. The van der Waals surface area contributed by atoms with Gasteiger partial charge in [0.15, 0.2) is 13.6 Å². The van der Waals surface area contributed by atoms with Crippen LogP contribution in [0.25, 0.3) is 0 Å². The van der Waals surface area contributed by atoms with Gasteiger partial charge in [0.2, 0.25) is 0 Å². The fraction of sp³-hybridized carbons (Fsp3) is 0.300. The number of benzene rings is 2. The molecule has 0 bridgehead atoms. The van der Waals surface area contributed by atoms with Crippen LogP contribution in [0.2, 0.25) is 0 Å². The largest absolute Gasteiger partial charge is 0.466 e. The SMILES string of the molecule is COCOc1cc(C(F)(F)F)ccc1C#Cc1ccc(C(F)(F)F)cc1OCOC. The van der Waals surface area contributed by atoms with E-state index < -0.39 is 23.5 Å². The Hall–Kier alpha value is -2.90. The van der Waals surface area contributed by atoms with Crippen molar-refractivity contribution in [3.8, 4) is 23.3 Å². The highest BCUT2D eigenvalue weighted by atomic mass is 19.4. The summed E-state index contributed by atoms with van der Waals surface area (Å²) in [5.41, 5.74) is -1.73. The van der Waals surface area contributed by atoms with Gasteiger partial charge in [-0.2, -0.15) is 26.3 Å². The first kappa shape index (κ1) is 23.4. The smallest absolute Gasteiger partial charge is 0.416 e. The zero-order valence-corrected chi connectivity index (χ0v) is 15.8. The van der Waals surface area contributed by atoms with Gasteiger partial charge in [-0.25, -0.2) is 0 Å².